The highest BCUT2D eigenvalue weighted by Gasteiger charge is 2.32. The number of aromatic nitrogens is 2. The average Bonchev–Trinajstić information content (AvgIpc) is 3.41. The van der Waals surface area contributed by atoms with E-state index in [2.05, 4.69) is 40.1 Å². The normalized spacial score (nSPS) is 20.4. The number of thiophene rings is 1. The van der Waals surface area contributed by atoms with Gasteiger partial charge in [-0.3, -0.25) is 0 Å². The molecule has 0 unspecified atom stereocenters. The lowest BCUT2D eigenvalue weighted by Crippen LogP contribution is -2.28. The number of thiazole rings is 1. The third-order valence-electron chi connectivity index (χ3n) is 5.82. The number of likely N-dealkylation sites (N-methyl/N-ethyl adjacent to an activating group) is 1. The van der Waals surface area contributed by atoms with Crippen LogP contribution in [0.5, 0.6) is 0 Å². The number of fused-ring (bicyclic) bond motifs is 2. The van der Waals surface area contributed by atoms with Gasteiger partial charge < -0.3 is 10.2 Å². The molecule has 0 saturated carbocycles. The summed E-state index contributed by atoms with van der Waals surface area (Å²) in [6, 6.07) is 8.40. The van der Waals surface area contributed by atoms with Gasteiger partial charge in [0.25, 0.3) is 0 Å². The quantitative estimate of drug-likeness (QED) is 0.447. The predicted molar refractivity (Wildman–Crippen MR) is 117 cm³/mol. The molecule has 7 heteroatoms. The Labute approximate surface area is 171 Å². The summed E-state index contributed by atoms with van der Waals surface area (Å²) in [5.41, 5.74) is 3.44. The third kappa shape index (κ3) is 2.89. The molecule has 1 aliphatic rings. The van der Waals surface area contributed by atoms with Gasteiger partial charge in [-0.15, -0.1) is 22.7 Å². The fourth-order valence-corrected chi connectivity index (χ4v) is 6.15. The van der Waals surface area contributed by atoms with Crippen LogP contribution in [0.3, 0.4) is 0 Å². The second kappa shape index (κ2) is 7.06. The Morgan fingerprint density at radius 2 is 2.14 bits per heavy atom. The van der Waals surface area contributed by atoms with E-state index >= 15 is 0 Å². The van der Waals surface area contributed by atoms with Crippen LogP contribution in [0.2, 0.25) is 0 Å². The van der Waals surface area contributed by atoms with Gasteiger partial charge in [-0.25, -0.2) is 14.4 Å². The smallest absolute Gasteiger partial charge is 0.173 e. The van der Waals surface area contributed by atoms with Gasteiger partial charge in [-0.05, 0) is 50.7 Å². The molecule has 0 bridgehead atoms. The van der Waals surface area contributed by atoms with Crippen LogP contribution in [0.4, 0.5) is 15.8 Å². The van der Waals surface area contributed by atoms with Gasteiger partial charge >= 0.3 is 0 Å². The number of hydrogen-bond acceptors (Lipinski definition) is 6. The SMILES string of the molecule is CCN1CC[C@@H](c2cc3c(Nc4ccc5scnc5c4F)ccnc3s2)[C@@H]1C. The van der Waals surface area contributed by atoms with Crippen molar-refractivity contribution in [3.05, 3.63) is 46.7 Å². The van der Waals surface area contributed by atoms with Gasteiger partial charge in [-0.2, -0.15) is 0 Å². The molecule has 1 aliphatic heterocycles. The van der Waals surface area contributed by atoms with Gasteiger partial charge in [0, 0.05) is 28.4 Å². The minimum Gasteiger partial charge on any atom is -0.352 e. The van der Waals surface area contributed by atoms with E-state index in [1.165, 1.54) is 22.6 Å². The summed E-state index contributed by atoms with van der Waals surface area (Å²) in [6.07, 6.45) is 2.97. The number of rotatable bonds is 4. The van der Waals surface area contributed by atoms with Crippen LogP contribution in [-0.4, -0.2) is 34.0 Å². The third-order valence-corrected chi connectivity index (χ3v) is 7.79. The topological polar surface area (TPSA) is 41.0 Å². The first-order valence-electron chi connectivity index (χ1n) is 9.57. The molecular formula is C21H21FN4S2. The van der Waals surface area contributed by atoms with Crippen molar-refractivity contribution in [2.75, 3.05) is 18.4 Å². The second-order valence-corrected chi connectivity index (χ2v) is 9.19. The monoisotopic (exact) mass is 412 g/mol. The maximum absolute atomic E-state index is 14.8. The van der Waals surface area contributed by atoms with Gasteiger partial charge in [0.15, 0.2) is 5.82 Å². The van der Waals surface area contributed by atoms with E-state index in [4.69, 9.17) is 0 Å². The van der Waals surface area contributed by atoms with Gasteiger partial charge in [0.1, 0.15) is 10.3 Å². The molecule has 4 nitrogen and oxygen atoms in total. The number of nitrogens with zero attached hydrogens (tertiary/aromatic N) is 3. The first-order valence-corrected chi connectivity index (χ1v) is 11.3. The van der Waals surface area contributed by atoms with Crippen molar-refractivity contribution in [3.63, 3.8) is 0 Å². The summed E-state index contributed by atoms with van der Waals surface area (Å²) in [6.45, 7) is 6.78. The Morgan fingerprint density at radius 1 is 1.25 bits per heavy atom. The zero-order valence-corrected chi connectivity index (χ0v) is 17.4. The average molecular weight is 413 g/mol. The van der Waals surface area contributed by atoms with E-state index in [0.717, 1.165) is 33.7 Å². The summed E-state index contributed by atoms with van der Waals surface area (Å²) >= 11 is 3.21. The van der Waals surface area contributed by atoms with Gasteiger partial charge in [0.05, 0.1) is 21.6 Å². The molecule has 5 rings (SSSR count). The minimum atomic E-state index is -0.304. The van der Waals surface area contributed by atoms with Crippen molar-refractivity contribution in [1.29, 1.82) is 0 Å². The maximum atomic E-state index is 14.8. The fraction of sp³-hybridized carbons (Fsp3) is 0.333. The zero-order valence-electron chi connectivity index (χ0n) is 15.8. The van der Waals surface area contributed by atoms with Crippen molar-refractivity contribution < 1.29 is 4.39 Å². The van der Waals surface area contributed by atoms with Crippen LogP contribution >= 0.6 is 22.7 Å². The number of likely N-dealkylation sites (tertiary alicyclic amines) is 1. The van der Waals surface area contributed by atoms with Crippen molar-refractivity contribution in [3.8, 4) is 0 Å². The van der Waals surface area contributed by atoms with Crippen molar-refractivity contribution in [2.45, 2.75) is 32.2 Å². The highest BCUT2D eigenvalue weighted by molar-refractivity contribution is 7.18. The number of hydrogen-bond donors (Lipinski definition) is 1. The van der Waals surface area contributed by atoms with Gasteiger partial charge in [-0.1, -0.05) is 6.92 Å². The molecular weight excluding hydrogens is 391 g/mol. The Kier molecular flexibility index (Phi) is 4.53. The van der Waals surface area contributed by atoms with Crippen LogP contribution in [-0.2, 0) is 0 Å². The molecule has 4 aromatic rings. The highest BCUT2D eigenvalue weighted by Crippen LogP contribution is 2.41. The first kappa shape index (κ1) is 18.0. The molecule has 1 fully saturated rings. The summed E-state index contributed by atoms with van der Waals surface area (Å²) in [5.74, 6) is 0.234. The number of nitrogens with one attached hydrogen (secondary N) is 1. The molecule has 0 amide bonds. The van der Waals surface area contributed by atoms with E-state index in [1.807, 2.05) is 12.1 Å². The summed E-state index contributed by atoms with van der Waals surface area (Å²) in [7, 11) is 0. The van der Waals surface area contributed by atoms with E-state index in [-0.39, 0.29) is 5.82 Å². The number of anilines is 2. The molecule has 144 valence electrons. The largest absolute Gasteiger partial charge is 0.352 e. The van der Waals surface area contributed by atoms with Crippen molar-refractivity contribution in [2.24, 2.45) is 0 Å². The van der Waals surface area contributed by atoms with Crippen LogP contribution < -0.4 is 5.32 Å². The highest BCUT2D eigenvalue weighted by atomic mass is 32.1. The molecule has 1 saturated heterocycles. The predicted octanol–water partition coefficient (Wildman–Crippen LogP) is 5.99. The van der Waals surface area contributed by atoms with Crippen LogP contribution in [0, 0.1) is 5.82 Å². The summed E-state index contributed by atoms with van der Waals surface area (Å²) in [4.78, 5) is 13.6. The Hall–Kier alpha value is -2.09. The van der Waals surface area contributed by atoms with Crippen LogP contribution in [0.25, 0.3) is 20.4 Å². The Bertz CT molecular complexity index is 1150. The molecule has 0 spiro atoms. The number of halogens is 1. The Balaban J connectivity index is 1.51. The summed E-state index contributed by atoms with van der Waals surface area (Å²) < 4.78 is 15.7. The lowest BCUT2D eigenvalue weighted by Gasteiger charge is -2.22. The maximum Gasteiger partial charge on any atom is 0.173 e. The molecule has 4 heterocycles. The first-order chi connectivity index (χ1) is 13.7. The molecule has 0 aliphatic carbocycles. The molecule has 2 atom stereocenters. The van der Waals surface area contributed by atoms with Crippen molar-refractivity contribution >= 4 is 54.5 Å². The van der Waals surface area contributed by atoms with E-state index in [0.29, 0.717) is 23.2 Å². The van der Waals surface area contributed by atoms with Gasteiger partial charge in [0.2, 0.25) is 0 Å². The molecule has 1 aromatic carbocycles. The lowest BCUT2D eigenvalue weighted by molar-refractivity contribution is 0.274. The van der Waals surface area contributed by atoms with Crippen LogP contribution in [0.1, 0.15) is 31.1 Å². The number of benzene rings is 1. The van der Waals surface area contributed by atoms with E-state index in [1.54, 1.807) is 29.1 Å². The standard InChI is InChI=1S/C21H21FN4S2/c1-3-26-9-7-13(12(26)2)18-10-14-15(6-8-23-21(14)28-18)25-16-4-5-17-20(19(16)22)24-11-27-17/h4-6,8,10-13H,3,7,9H2,1-2H3,(H,23,25)/t12-,13+/m0/s1. The number of pyridine rings is 1. The van der Waals surface area contributed by atoms with E-state index < -0.39 is 0 Å². The molecule has 28 heavy (non-hydrogen) atoms. The fourth-order valence-electron chi connectivity index (χ4n) is 4.22. The Morgan fingerprint density at radius 3 is 2.96 bits per heavy atom. The van der Waals surface area contributed by atoms with Crippen LogP contribution in [0.15, 0.2) is 36.0 Å². The molecule has 1 N–H and O–H groups in total. The molecule has 3 aromatic heterocycles. The van der Waals surface area contributed by atoms with Crippen molar-refractivity contribution in [1.82, 2.24) is 14.9 Å². The van der Waals surface area contributed by atoms with E-state index in [9.17, 15) is 4.39 Å². The molecule has 0 radical (unpaired) electrons. The summed E-state index contributed by atoms with van der Waals surface area (Å²) in [5, 5.41) is 4.34. The zero-order chi connectivity index (χ0) is 19.3. The second-order valence-electron chi connectivity index (χ2n) is 7.24. The minimum absolute atomic E-state index is 0.304. The lowest BCUT2D eigenvalue weighted by atomic mass is 9.99.